The number of benzene rings is 2. The minimum absolute atomic E-state index is 0.116. The Labute approximate surface area is 147 Å². The first-order chi connectivity index (χ1) is 11.8. The van der Waals surface area contributed by atoms with Crippen molar-refractivity contribution in [3.8, 4) is 0 Å². The largest absolute Gasteiger partial charge is 0.326 e. The summed E-state index contributed by atoms with van der Waals surface area (Å²) in [5, 5.41) is 5.28. The fraction of sp³-hybridized carbons (Fsp3) is 0.222. The monoisotopic (exact) mass is 360 g/mol. The molecule has 2 rings (SSSR count). The molecule has 0 heterocycles. The summed E-state index contributed by atoms with van der Waals surface area (Å²) in [5.41, 5.74) is 2.10. The summed E-state index contributed by atoms with van der Waals surface area (Å²) in [6.07, 6.45) is -0.135. The van der Waals surface area contributed by atoms with Gasteiger partial charge in [-0.1, -0.05) is 18.2 Å². The number of hydrogen-bond acceptors (Lipinski definition) is 4. The van der Waals surface area contributed by atoms with Gasteiger partial charge in [-0.15, -0.1) is 0 Å². The van der Waals surface area contributed by atoms with E-state index in [1.807, 2.05) is 19.1 Å². The van der Waals surface area contributed by atoms with Crippen LogP contribution in [0.15, 0.2) is 53.4 Å². The van der Waals surface area contributed by atoms with Gasteiger partial charge in [0.05, 0.1) is 10.6 Å². The first-order valence-corrected chi connectivity index (χ1v) is 9.39. The van der Waals surface area contributed by atoms with Gasteiger partial charge in [-0.3, -0.25) is 9.59 Å². The lowest BCUT2D eigenvalue weighted by atomic mass is 10.2. The van der Waals surface area contributed by atoms with E-state index in [0.29, 0.717) is 11.4 Å². The van der Waals surface area contributed by atoms with E-state index in [0.717, 1.165) is 5.56 Å². The van der Waals surface area contributed by atoms with E-state index in [-0.39, 0.29) is 28.9 Å². The van der Waals surface area contributed by atoms with E-state index in [2.05, 4.69) is 10.6 Å². The predicted octanol–water partition coefficient (Wildman–Crippen LogP) is 2.76. The standard InChI is InChI=1S/C18H20N2O4S/c1-13-5-3-4-6-17(13)20-18(22)11-12-25(23,24)16-9-7-15(8-10-16)19-14(2)21/h3-10H,11-12H2,1-2H3,(H,19,21)(H,20,22). The molecule has 2 aromatic rings. The van der Waals surface area contributed by atoms with E-state index in [9.17, 15) is 18.0 Å². The molecule has 2 N–H and O–H groups in total. The van der Waals surface area contributed by atoms with Crippen LogP contribution in [0.4, 0.5) is 11.4 Å². The van der Waals surface area contributed by atoms with Crippen molar-refractivity contribution in [2.75, 3.05) is 16.4 Å². The van der Waals surface area contributed by atoms with E-state index in [1.165, 1.54) is 31.2 Å². The fourth-order valence-corrected chi connectivity index (χ4v) is 3.46. The zero-order chi connectivity index (χ0) is 18.4. The molecule has 0 aliphatic carbocycles. The normalized spacial score (nSPS) is 11.0. The Kier molecular flexibility index (Phi) is 5.93. The molecule has 0 saturated carbocycles. The Morgan fingerprint density at radius 3 is 2.20 bits per heavy atom. The average Bonchev–Trinajstić information content (AvgIpc) is 2.55. The van der Waals surface area contributed by atoms with Crippen molar-refractivity contribution in [3.63, 3.8) is 0 Å². The minimum atomic E-state index is -3.58. The fourth-order valence-electron chi connectivity index (χ4n) is 2.22. The number of rotatable bonds is 6. The van der Waals surface area contributed by atoms with Crippen LogP contribution >= 0.6 is 0 Å². The van der Waals surface area contributed by atoms with E-state index >= 15 is 0 Å². The van der Waals surface area contributed by atoms with Crippen LogP contribution < -0.4 is 10.6 Å². The molecule has 0 aromatic heterocycles. The molecule has 7 heteroatoms. The van der Waals surface area contributed by atoms with Crippen molar-refractivity contribution in [3.05, 3.63) is 54.1 Å². The van der Waals surface area contributed by atoms with Crippen molar-refractivity contribution >= 4 is 33.0 Å². The van der Waals surface area contributed by atoms with Crippen LogP contribution in [0, 0.1) is 6.92 Å². The van der Waals surface area contributed by atoms with Crippen molar-refractivity contribution in [1.29, 1.82) is 0 Å². The number of anilines is 2. The number of carbonyl (C=O) groups excluding carboxylic acids is 2. The van der Waals surface area contributed by atoms with Gasteiger partial charge in [0.2, 0.25) is 11.8 Å². The molecule has 0 unspecified atom stereocenters. The molecule has 0 saturated heterocycles. The second kappa shape index (κ2) is 7.94. The van der Waals surface area contributed by atoms with Gasteiger partial charge in [0.1, 0.15) is 0 Å². The van der Waals surface area contributed by atoms with Gasteiger partial charge in [0.25, 0.3) is 0 Å². The summed E-state index contributed by atoms with van der Waals surface area (Å²) in [6.45, 7) is 3.24. The number of nitrogens with one attached hydrogen (secondary N) is 2. The van der Waals surface area contributed by atoms with Crippen LogP contribution in [0.25, 0.3) is 0 Å². The third-order valence-electron chi connectivity index (χ3n) is 3.55. The van der Waals surface area contributed by atoms with Crippen LogP contribution in [-0.2, 0) is 19.4 Å². The Morgan fingerprint density at radius 1 is 0.960 bits per heavy atom. The molecule has 0 spiro atoms. The van der Waals surface area contributed by atoms with E-state index < -0.39 is 9.84 Å². The molecule has 0 fully saturated rings. The zero-order valence-corrected chi connectivity index (χ0v) is 14.9. The van der Waals surface area contributed by atoms with Crippen molar-refractivity contribution in [2.24, 2.45) is 0 Å². The van der Waals surface area contributed by atoms with Crippen molar-refractivity contribution < 1.29 is 18.0 Å². The molecule has 0 bridgehead atoms. The van der Waals surface area contributed by atoms with Gasteiger partial charge in [-0.25, -0.2) is 8.42 Å². The van der Waals surface area contributed by atoms with Gasteiger partial charge in [0, 0.05) is 24.7 Å². The SMILES string of the molecule is CC(=O)Nc1ccc(S(=O)(=O)CCC(=O)Nc2ccccc2C)cc1. The van der Waals surface area contributed by atoms with Gasteiger partial charge in [0.15, 0.2) is 9.84 Å². The van der Waals surface area contributed by atoms with Crippen molar-refractivity contribution in [1.82, 2.24) is 0 Å². The highest BCUT2D eigenvalue weighted by atomic mass is 32.2. The first kappa shape index (κ1) is 18.7. The summed E-state index contributed by atoms with van der Waals surface area (Å²) in [6, 6.07) is 13.2. The van der Waals surface area contributed by atoms with Gasteiger partial charge in [-0.05, 0) is 42.8 Å². The van der Waals surface area contributed by atoms with E-state index in [1.54, 1.807) is 12.1 Å². The smallest absolute Gasteiger partial charge is 0.225 e. The van der Waals surface area contributed by atoms with Crippen LogP contribution in [0.5, 0.6) is 0 Å². The third kappa shape index (κ3) is 5.42. The van der Waals surface area contributed by atoms with Gasteiger partial charge >= 0.3 is 0 Å². The quantitative estimate of drug-likeness (QED) is 0.828. The molecule has 25 heavy (non-hydrogen) atoms. The maximum absolute atomic E-state index is 12.3. The molecule has 2 aromatic carbocycles. The molecular formula is C18H20N2O4S. The van der Waals surface area contributed by atoms with Crippen LogP contribution in [0.2, 0.25) is 0 Å². The summed E-state index contributed by atoms with van der Waals surface area (Å²) in [5.74, 6) is -0.874. The molecule has 0 radical (unpaired) electrons. The van der Waals surface area contributed by atoms with Gasteiger partial charge in [-0.2, -0.15) is 0 Å². The number of hydrogen-bond donors (Lipinski definition) is 2. The summed E-state index contributed by atoms with van der Waals surface area (Å²) >= 11 is 0. The molecule has 132 valence electrons. The van der Waals surface area contributed by atoms with Crippen LogP contribution in [-0.4, -0.2) is 26.0 Å². The first-order valence-electron chi connectivity index (χ1n) is 7.74. The zero-order valence-electron chi connectivity index (χ0n) is 14.1. The Bertz CT molecular complexity index is 874. The summed E-state index contributed by atoms with van der Waals surface area (Å²) in [4.78, 5) is 23.1. The minimum Gasteiger partial charge on any atom is -0.326 e. The lowest BCUT2D eigenvalue weighted by Gasteiger charge is -2.09. The molecule has 2 amide bonds. The van der Waals surface area contributed by atoms with Crippen molar-refractivity contribution in [2.45, 2.75) is 25.2 Å². The molecular weight excluding hydrogens is 340 g/mol. The van der Waals surface area contributed by atoms with E-state index in [4.69, 9.17) is 0 Å². The molecule has 0 aliphatic rings. The lowest BCUT2D eigenvalue weighted by Crippen LogP contribution is -2.18. The van der Waals surface area contributed by atoms with Crippen LogP contribution in [0.1, 0.15) is 18.9 Å². The number of sulfone groups is 1. The number of carbonyl (C=O) groups is 2. The second-order valence-corrected chi connectivity index (χ2v) is 7.75. The highest BCUT2D eigenvalue weighted by Gasteiger charge is 2.17. The maximum atomic E-state index is 12.3. The highest BCUT2D eigenvalue weighted by Crippen LogP contribution is 2.17. The Balaban J connectivity index is 1.98. The maximum Gasteiger partial charge on any atom is 0.225 e. The van der Waals surface area contributed by atoms with Gasteiger partial charge < -0.3 is 10.6 Å². The molecule has 0 aliphatic heterocycles. The Morgan fingerprint density at radius 2 is 1.60 bits per heavy atom. The molecule has 0 atom stereocenters. The summed E-state index contributed by atoms with van der Waals surface area (Å²) in [7, 11) is -3.58. The summed E-state index contributed by atoms with van der Waals surface area (Å²) < 4.78 is 24.6. The number of amides is 2. The lowest BCUT2D eigenvalue weighted by molar-refractivity contribution is -0.116. The topological polar surface area (TPSA) is 92.3 Å². The number of para-hydroxylation sites is 1. The van der Waals surface area contributed by atoms with Crippen LogP contribution in [0.3, 0.4) is 0 Å². The Hall–Kier alpha value is -2.67. The number of aryl methyl sites for hydroxylation is 1. The predicted molar refractivity (Wildman–Crippen MR) is 97.2 cm³/mol. The molecule has 6 nitrogen and oxygen atoms in total. The average molecular weight is 360 g/mol. The third-order valence-corrected chi connectivity index (χ3v) is 5.28. The highest BCUT2D eigenvalue weighted by molar-refractivity contribution is 7.91. The second-order valence-electron chi connectivity index (χ2n) is 5.64.